The number of rotatable bonds is 10. The summed E-state index contributed by atoms with van der Waals surface area (Å²) in [5.41, 5.74) is -0.265. The molecule has 1 spiro atoms. The summed E-state index contributed by atoms with van der Waals surface area (Å²) in [5, 5.41) is 2.53. The van der Waals surface area contributed by atoms with Crippen LogP contribution in [0, 0.1) is 28.6 Å². The minimum absolute atomic E-state index is 0.0140. The molecule has 0 aromatic heterocycles. The SMILES string of the molecule is CC1(C)[C@@H]2CC[C@]13CS(=O)(=O)N(C(=O)CCCCC#CCCCO[Si](c1ccccc1)(c1ccccc1)C(C)(C)C)[C@@H]3C2. The second-order valence-electron chi connectivity index (χ2n) is 14.5. The average Bonchev–Trinajstić information content (AvgIpc) is 3.44. The van der Waals surface area contributed by atoms with Crippen molar-refractivity contribution in [3.8, 4) is 11.8 Å². The molecule has 2 bridgehead atoms. The third-order valence-corrected chi connectivity index (χ3v) is 17.9. The zero-order valence-electron chi connectivity index (χ0n) is 26.7. The molecule has 0 radical (unpaired) electrons. The number of amides is 1. The molecule has 5 nitrogen and oxygen atoms in total. The first-order chi connectivity index (χ1) is 20.4. The zero-order valence-corrected chi connectivity index (χ0v) is 28.5. The van der Waals surface area contributed by atoms with Crippen LogP contribution >= 0.6 is 0 Å². The monoisotopic (exact) mass is 619 g/mol. The molecule has 2 saturated carbocycles. The lowest BCUT2D eigenvalue weighted by Gasteiger charge is -2.43. The normalized spacial score (nSPS) is 25.3. The van der Waals surface area contributed by atoms with Crippen molar-refractivity contribution in [1.82, 2.24) is 4.31 Å². The standard InChI is InChI=1S/C36H49NO4SSi/c1-34(2,3)43(30-19-13-11-14-20-30,31-21-15-12-16-22-31)41-26-18-10-8-6-7-9-17-23-33(38)37-32-27-29-24-25-36(32,35(29,4)5)28-42(37,39)40/h11-16,19-22,29,32H,7,9-10,17-18,23-28H2,1-5H3/t29-,32-,36-/m1/s1. The minimum atomic E-state index is -3.53. The number of fused-ring (bicyclic) bond motifs is 1. The molecular weight excluding hydrogens is 571 g/mol. The van der Waals surface area contributed by atoms with Crippen molar-refractivity contribution in [3.63, 3.8) is 0 Å². The number of unbranched alkanes of at least 4 members (excludes halogenated alkanes) is 3. The Kier molecular flexibility index (Phi) is 9.06. The van der Waals surface area contributed by atoms with Crippen molar-refractivity contribution in [3.05, 3.63) is 60.7 Å². The van der Waals surface area contributed by atoms with E-state index in [1.807, 2.05) is 0 Å². The maximum atomic E-state index is 13.2. The van der Waals surface area contributed by atoms with E-state index >= 15 is 0 Å². The molecule has 3 atom stereocenters. The molecule has 1 amide bonds. The molecule has 2 aromatic carbocycles. The molecule has 2 aromatic rings. The molecule has 1 aliphatic heterocycles. The Bertz CT molecular complexity index is 1420. The van der Waals surface area contributed by atoms with Crippen LogP contribution in [0.1, 0.15) is 92.4 Å². The van der Waals surface area contributed by atoms with Gasteiger partial charge in [-0.15, -0.1) is 11.8 Å². The first kappa shape index (κ1) is 32.0. The van der Waals surface area contributed by atoms with Gasteiger partial charge in [-0.2, -0.15) is 0 Å². The second kappa shape index (κ2) is 12.2. The number of hydrogen-bond donors (Lipinski definition) is 0. The molecule has 1 saturated heterocycles. The van der Waals surface area contributed by atoms with E-state index in [4.69, 9.17) is 4.43 Å². The van der Waals surface area contributed by atoms with Crippen molar-refractivity contribution in [2.24, 2.45) is 16.7 Å². The molecular formula is C36H49NO4SSi. The summed E-state index contributed by atoms with van der Waals surface area (Å²) in [5.74, 6) is 7.02. The number of hydrogen-bond acceptors (Lipinski definition) is 4. The molecule has 2 aliphatic carbocycles. The van der Waals surface area contributed by atoms with Crippen LogP contribution in [0.5, 0.6) is 0 Å². The summed E-state index contributed by atoms with van der Waals surface area (Å²) >= 11 is 0. The van der Waals surface area contributed by atoms with Gasteiger partial charge in [0.25, 0.3) is 8.32 Å². The molecule has 232 valence electrons. The lowest BCUT2D eigenvalue weighted by molar-refractivity contribution is -0.129. The van der Waals surface area contributed by atoms with E-state index in [1.165, 1.54) is 14.7 Å². The maximum Gasteiger partial charge on any atom is 0.261 e. The van der Waals surface area contributed by atoms with Gasteiger partial charge in [-0.25, -0.2) is 12.7 Å². The van der Waals surface area contributed by atoms with E-state index in [0.717, 1.165) is 44.9 Å². The highest BCUT2D eigenvalue weighted by molar-refractivity contribution is 7.90. The van der Waals surface area contributed by atoms with Gasteiger partial charge in [0.15, 0.2) is 0 Å². The maximum absolute atomic E-state index is 13.2. The Balaban J connectivity index is 1.09. The fraction of sp³-hybridized carbons (Fsp3) is 0.583. The van der Waals surface area contributed by atoms with Gasteiger partial charge < -0.3 is 4.43 Å². The molecule has 3 fully saturated rings. The van der Waals surface area contributed by atoms with Crippen LogP contribution in [0.2, 0.25) is 5.04 Å². The molecule has 43 heavy (non-hydrogen) atoms. The first-order valence-electron chi connectivity index (χ1n) is 16.1. The molecule has 5 rings (SSSR count). The quantitative estimate of drug-likeness (QED) is 0.179. The minimum Gasteiger partial charge on any atom is -0.407 e. The zero-order chi connectivity index (χ0) is 30.9. The van der Waals surface area contributed by atoms with E-state index in [2.05, 4.69) is 107 Å². The van der Waals surface area contributed by atoms with Gasteiger partial charge in [-0.1, -0.05) is 95.3 Å². The molecule has 0 unspecified atom stereocenters. The number of carbonyl (C=O) groups is 1. The summed E-state index contributed by atoms with van der Waals surface area (Å²) < 4.78 is 34.5. The van der Waals surface area contributed by atoms with Crippen molar-refractivity contribution < 1.29 is 17.6 Å². The van der Waals surface area contributed by atoms with E-state index in [1.54, 1.807) is 0 Å². The Morgan fingerprint density at radius 3 is 2.09 bits per heavy atom. The van der Waals surface area contributed by atoms with Gasteiger partial charge in [-0.3, -0.25) is 4.79 Å². The lowest BCUT2D eigenvalue weighted by atomic mass is 9.69. The summed E-state index contributed by atoms with van der Waals surface area (Å²) in [6.45, 7) is 12.0. The van der Waals surface area contributed by atoms with Gasteiger partial charge in [0.2, 0.25) is 15.9 Å². The highest BCUT2D eigenvalue weighted by Crippen LogP contribution is 2.70. The fourth-order valence-electron chi connectivity index (χ4n) is 8.54. The summed E-state index contributed by atoms with van der Waals surface area (Å²) in [6, 6.07) is 21.3. The molecule has 3 aliphatic rings. The van der Waals surface area contributed by atoms with Crippen molar-refractivity contribution >= 4 is 34.6 Å². The third kappa shape index (κ3) is 5.64. The van der Waals surface area contributed by atoms with Crippen LogP contribution in [-0.2, 0) is 19.2 Å². The third-order valence-electron chi connectivity index (χ3n) is 10.9. The van der Waals surface area contributed by atoms with Crippen LogP contribution in [0.25, 0.3) is 0 Å². The largest absolute Gasteiger partial charge is 0.407 e. The van der Waals surface area contributed by atoms with Crippen LogP contribution in [0.15, 0.2) is 60.7 Å². The van der Waals surface area contributed by atoms with Crippen LogP contribution in [-0.4, -0.2) is 45.3 Å². The first-order valence-corrected chi connectivity index (χ1v) is 19.6. The second-order valence-corrected chi connectivity index (χ2v) is 20.6. The predicted molar refractivity (Wildman–Crippen MR) is 177 cm³/mol. The van der Waals surface area contributed by atoms with E-state index in [9.17, 15) is 13.2 Å². The number of carbonyl (C=O) groups excluding carboxylic acids is 1. The number of sulfonamides is 1. The topological polar surface area (TPSA) is 63.7 Å². The number of nitrogens with zero attached hydrogens (tertiary/aromatic N) is 1. The van der Waals surface area contributed by atoms with Crippen molar-refractivity contribution in [2.45, 2.75) is 103 Å². The smallest absolute Gasteiger partial charge is 0.261 e. The molecule has 0 N–H and O–H groups in total. The van der Waals surface area contributed by atoms with E-state index in [-0.39, 0.29) is 40.0 Å². The van der Waals surface area contributed by atoms with Gasteiger partial charge in [0.1, 0.15) is 0 Å². The van der Waals surface area contributed by atoms with Gasteiger partial charge in [-0.05, 0) is 65.3 Å². The Hall–Kier alpha value is -2.40. The van der Waals surface area contributed by atoms with Crippen molar-refractivity contribution in [2.75, 3.05) is 12.4 Å². The Morgan fingerprint density at radius 2 is 1.53 bits per heavy atom. The summed E-state index contributed by atoms with van der Waals surface area (Å²) in [4.78, 5) is 13.2. The van der Waals surface area contributed by atoms with E-state index < -0.39 is 18.3 Å². The predicted octanol–water partition coefficient (Wildman–Crippen LogP) is 6.27. The van der Waals surface area contributed by atoms with Crippen LogP contribution < -0.4 is 10.4 Å². The summed E-state index contributed by atoms with van der Waals surface area (Å²) in [6.07, 6.45) is 6.96. The fourth-order valence-corrected chi connectivity index (χ4v) is 15.7. The van der Waals surface area contributed by atoms with Crippen molar-refractivity contribution in [1.29, 1.82) is 0 Å². The molecule has 1 heterocycles. The van der Waals surface area contributed by atoms with Gasteiger partial charge in [0.05, 0.1) is 11.8 Å². The van der Waals surface area contributed by atoms with Crippen LogP contribution in [0.3, 0.4) is 0 Å². The van der Waals surface area contributed by atoms with Gasteiger partial charge in [0, 0.05) is 31.3 Å². The Morgan fingerprint density at radius 1 is 0.953 bits per heavy atom. The van der Waals surface area contributed by atoms with E-state index in [0.29, 0.717) is 18.9 Å². The highest BCUT2D eigenvalue weighted by Gasteiger charge is 2.72. The average molecular weight is 620 g/mol. The van der Waals surface area contributed by atoms with Gasteiger partial charge >= 0.3 is 0 Å². The molecule has 7 heteroatoms. The van der Waals surface area contributed by atoms with Crippen LogP contribution in [0.4, 0.5) is 0 Å². The Labute approximate surface area is 261 Å². The highest BCUT2D eigenvalue weighted by atomic mass is 32.2. The lowest BCUT2D eigenvalue weighted by Crippen LogP contribution is -2.66. The number of benzene rings is 2. The summed E-state index contributed by atoms with van der Waals surface area (Å²) in [7, 11) is -6.05.